The van der Waals surface area contributed by atoms with E-state index in [0.717, 1.165) is 12.8 Å². The Morgan fingerprint density at radius 3 is 1.48 bits per heavy atom. The number of rotatable bonds is 2. The molecule has 0 saturated carbocycles. The van der Waals surface area contributed by atoms with Crippen molar-refractivity contribution in [2.24, 2.45) is 5.92 Å². The van der Waals surface area contributed by atoms with E-state index >= 15 is 0 Å². The van der Waals surface area contributed by atoms with Crippen LogP contribution in [0.3, 0.4) is 0 Å². The summed E-state index contributed by atoms with van der Waals surface area (Å²) in [6.07, 6.45) is 11.8. The Morgan fingerprint density at radius 2 is 1.00 bits per heavy atom. The average Bonchev–Trinajstić information content (AvgIpc) is 3.60. The molecule has 3 aliphatic rings. The Bertz CT molecular complexity index is 2550. The van der Waals surface area contributed by atoms with Crippen LogP contribution in [0, 0.1) is 5.92 Å². The van der Waals surface area contributed by atoms with Gasteiger partial charge in [-0.05, 0) is 165 Å². The Morgan fingerprint density at radius 1 is 0.518 bits per heavy atom. The molecular weight excluding hydrogens is 673 g/mol. The maximum Gasteiger partial charge on any atom is 0.00672 e. The largest absolute Gasteiger partial charge is 0.0836 e. The highest BCUT2D eigenvalue weighted by atomic mass is 14.4. The first-order chi connectivity index (χ1) is 26.1. The summed E-state index contributed by atoms with van der Waals surface area (Å²) >= 11 is 0. The predicted octanol–water partition coefficient (Wildman–Crippen LogP) is 16.5. The van der Waals surface area contributed by atoms with Gasteiger partial charge in [0.25, 0.3) is 0 Å². The van der Waals surface area contributed by atoms with Gasteiger partial charge in [0.2, 0.25) is 0 Å². The summed E-state index contributed by atoms with van der Waals surface area (Å²) in [5.74, 6) is 0.280. The predicted molar refractivity (Wildman–Crippen MR) is 249 cm³/mol. The third-order valence-electron chi connectivity index (χ3n) is 13.3. The molecule has 0 N–H and O–H groups in total. The molecule has 0 amide bonds. The van der Waals surface area contributed by atoms with Crippen LogP contribution in [0.25, 0.3) is 66.1 Å². The van der Waals surface area contributed by atoms with Crippen LogP contribution < -0.4 is 0 Å². The molecule has 0 saturated heterocycles. The lowest BCUT2D eigenvalue weighted by Crippen LogP contribution is -2.17. The van der Waals surface area contributed by atoms with Gasteiger partial charge >= 0.3 is 0 Å². The first-order valence-corrected chi connectivity index (χ1v) is 21.3. The molecular formula is C56H64. The summed E-state index contributed by atoms with van der Waals surface area (Å²) in [5.41, 5.74) is 22.6. The number of fused-ring (bicyclic) bond motifs is 5. The molecule has 0 spiro atoms. The Hall–Kier alpha value is -4.42. The summed E-state index contributed by atoms with van der Waals surface area (Å²) in [7, 11) is 0. The van der Waals surface area contributed by atoms with Gasteiger partial charge in [0, 0.05) is 5.92 Å². The van der Waals surface area contributed by atoms with Gasteiger partial charge < -0.3 is 0 Å². The third-order valence-corrected chi connectivity index (χ3v) is 13.3. The van der Waals surface area contributed by atoms with Crippen molar-refractivity contribution in [2.45, 2.75) is 138 Å². The van der Waals surface area contributed by atoms with Gasteiger partial charge in [-0.25, -0.2) is 0 Å². The van der Waals surface area contributed by atoms with Crippen molar-refractivity contribution in [1.82, 2.24) is 0 Å². The molecule has 0 nitrogen and oxygen atoms in total. The molecule has 56 heavy (non-hydrogen) atoms. The molecule has 1 unspecified atom stereocenters. The number of allylic oxidation sites excluding steroid dienone is 8. The average molecular weight is 737 g/mol. The molecule has 1 atom stereocenters. The highest BCUT2D eigenvalue weighted by Crippen LogP contribution is 2.59. The monoisotopic (exact) mass is 737 g/mol. The molecule has 288 valence electrons. The van der Waals surface area contributed by atoms with E-state index in [4.69, 9.17) is 0 Å². The van der Waals surface area contributed by atoms with E-state index in [1.54, 1.807) is 0 Å². The second-order valence-corrected chi connectivity index (χ2v) is 21.2. The lowest BCUT2D eigenvalue weighted by atomic mass is 9.75. The fraction of sp³-hybridized carbons (Fsp3) is 0.393. The molecule has 0 radical (unpaired) electrons. The van der Waals surface area contributed by atoms with Gasteiger partial charge in [-0.1, -0.05) is 169 Å². The van der Waals surface area contributed by atoms with Gasteiger partial charge in [-0.15, -0.1) is 0 Å². The van der Waals surface area contributed by atoms with Crippen molar-refractivity contribution in [2.75, 3.05) is 0 Å². The lowest BCUT2D eigenvalue weighted by Gasteiger charge is -2.29. The fourth-order valence-corrected chi connectivity index (χ4v) is 9.95. The Balaban J connectivity index is 1.69. The first kappa shape index (κ1) is 38.5. The minimum Gasteiger partial charge on any atom is -0.0836 e. The van der Waals surface area contributed by atoms with E-state index in [2.05, 4.69) is 189 Å². The molecule has 0 bridgehead atoms. The van der Waals surface area contributed by atoms with Gasteiger partial charge in [-0.2, -0.15) is 0 Å². The highest BCUT2D eigenvalue weighted by molar-refractivity contribution is 6.30. The molecule has 0 heterocycles. The van der Waals surface area contributed by atoms with Crippen LogP contribution in [0.1, 0.15) is 161 Å². The standard InChI is InChI=1S/C56H64/c1-16-39-32(3)40(17-2)52-48(34-27-37(55(10,11)12)30-38(28-34)56(13,14)15)50-44-24-20-23-43-41-21-18-19-22-42(41)45(49(43)44)31-46(50)47(51(39)52)33-25-35(53(4,5)6)29-36(26-33)54(7,8)9/h16-18,20-21,23-32H,19,22H2,1-15H3. The number of hydrogen-bond acceptors (Lipinski definition) is 0. The van der Waals surface area contributed by atoms with Crippen molar-refractivity contribution in [1.29, 1.82) is 0 Å². The molecule has 8 rings (SSSR count). The van der Waals surface area contributed by atoms with Crippen molar-refractivity contribution in [3.63, 3.8) is 0 Å². The van der Waals surface area contributed by atoms with E-state index in [1.165, 1.54) is 111 Å². The fourth-order valence-electron chi connectivity index (χ4n) is 9.95. The zero-order valence-electron chi connectivity index (χ0n) is 37.1. The zero-order valence-corrected chi connectivity index (χ0v) is 37.1. The second-order valence-electron chi connectivity index (χ2n) is 21.2. The molecule has 5 aromatic rings. The molecule has 0 aliphatic heterocycles. The summed E-state index contributed by atoms with van der Waals surface area (Å²) in [5, 5.41) is 5.60. The van der Waals surface area contributed by atoms with Gasteiger partial charge in [0.15, 0.2) is 0 Å². The summed E-state index contributed by atoms with van der Waals surface area (Å²) in [6.45, 7) is 35.4. The van der Waals surface area contributed by atoms with Gasteiger partial charge in [0.1, 0.15) is 0 Å². The van der Waals surface area contributed by atoms with Crippen LogP contribution in [0.5, 0.6) is 0 Å². The summed E-state index contributed by atoms with van der Waals surface area (Å²) in [4.78, 5) is 0. The van der Waals surface area contributed by atoms with E-state index in [0.29, 0.717) is 0 Å². The molecule has 5 aromatic carbocycles. The summed E-state index contributed by atoms with van der Waals surface area (Å²) < 4.78 is 0. The maximum atomic E-state index is 2.65. The van der Waals surface area contributed by atoms with E-state index in [-0.39, 0.29) is 27.6 Å². The van der Waals surface area contributed by atoms with Crippen molar-refractivity contribution in [3.05, 3.63) is 129 Å². The highest BCUT2D eigenvalue weighted by Gasteiger charge is 2.38. The number of hydrogen-bond donors (Lipinski definition) is 0. The second kappa shape index (κ2) is 12.8. The number of benzene rings is 5. The van der Waals surface area contributed by atoms with Crippen LogP contribution in [0.2, 0.25) is 0 Å². The van der Waals surface area contributed by atoms with E-state index < -0.39 is 0 Å². The molecule has 3 aliphatic carbocycles. The SMILES string of the molecule is CC=C1c2c(c(-c3cc(C(C)(C)C)cc(C(C)(C)C)c3)c3c(cc4c5c(cccc53)C3=C4CCC=C3)c2-c2cc(C(C)(C)C)cc(C(C)(C)C)c2)C(=CC)C1C. The molecule has 0 aromatic heterocycles. The Kier molecular flexibility index (Phi) is 8.79. The zero-order chi connectivity index (χ0) is 40.4. The Labute approximate surface area is 338 Å². The summed E-state index contributed by atoms with van der Waals surface area (Å²) in [6, 6.07) is 24.9. The van der Waals surface area contributed by atoms with Gasteiger partial charge in [0.05, 0.1) is 0 Å². The minimum atomic E-state index is -0.00247. The van der Waals surface area contributed by atoms with E-state index in [9.17, 15) is 0 Å². The minimum absolute atomic E-state index is 0.000693. The van der Waals surface area contributed by atoms with Crippen molar-refractivity contribution in [3.8, 4) is 22.3 Å². The van der Waals surface area contributed by atoms with Crippen LogP contribution in [0.15, 0.2) is 85.0 Å². The normalized spacial score (nSPS) is 18.6. The lowest BCUT2D eigenvalue weighted by molar-refractivity contribution is 0.568. The molecule has 0 heteroatoms. The van der Waals surface area contributed by atoms with Crippen LogP contribution in [-0.4, -0.2) is 0 Å². The maximum absolute atomic E-state index is 2.65. The quantitative estimate of drug-likeness (QED) is 0.158. The smallest absolute Gasteiger partial charge is 0.00672 e. The van der Waals surface area contributed by atoms with Gasteiger partial charge in [-0.3, -0.25) is 0 Å². The van der Waals surface area contributed by atoms with Crippen LogP contribution in [-0.2, 0) is 21.7 Å². The third kappa shape index (κ3) is 5.92. The van der Waals surface area contributed by atoms with Crippen LogP contribution >= 0.6 is 0 Å². The first-order valence-electron chi connectivity index (χ1n) is 21.3. The topological polar surface area (TPSA) is 0 Å². The van der Waals surface area contributed by atoms with Crippen molar-refractivity contribution < 1.29 is 0 Å². The molecule has 0 fully saturated rings. The van der Waals surface area contributed by atoms with Crippen molar-refractivity contribution >= 4 is 43.8 Å². The van der Waals surface area contributed by atoms with Crippen LogP contribution in [0.4, 0.5) is 0 Å². The van der Waals surface area contributed by atoms with E-state index in [1.807, 2.05) is 0 Å².